The van der Waals surface area contributed by atoms with E-state index in [1.54, 1.807) is 18.2 Å². The van der Waals surface area contributed by atoms with Crippen LogP contribution in [-0.2, 0) is 14.6 Å². The molecule has 0 saturated carbocycles. The quantitative estimate of drug-likeness (QED) is 0.757. The zero-order valence-electron chi connectivity index (χ0n) is 10.0. The number of sulfone groups is 1. The molecule has 0 unspecified atom stereocenters. The standard InChI is InChI=1S/C13H16O3S/c1-10(2)9-13(14)11(3)17(15,16)12-7-5-4-6-8-12/h4-8,10H,3,9H2,1-2H3. The van der Waals surface area contributed by atoms with E-state index in [1.165, 1.54) is 12.1 Å². The molecule has 0 bridgehead atoms. The number of carbonyl (C=O) groups is 1. The molecule has 0 aliphatic carbocycles. The van der Waals surface area contributed by atoms with Gasteiger partial charge in [0, 0.05) is 6.42 Å². The van der Waals surface area contributed by atoms with Crippen molar-refractivity contribution in [1.82, 2.24) is 0 Å². The van der Waals surface area contributed by atoms with Crippen molar-refractivity contribution in [2.75, 3.05) is 0 Å². The predicted octanol–water partition coefficient (Wildman–Crippen LogP) is 2.59. The molecule has 1 rings (SSSR count). The van der Waals surface area contributed by atoms with Gasteiger partial charge in [-0.05, 0) is 18.1 Å². The minimum Gasteiger partial charge on any atom is -0.293 e. The Labute approximate surface area is 102 Å². The highest BCUT2D eigenvalue weighted by atomic mass is 32.2. The topological polar surface area (TPSA) is 51.2 Å². The summed E-state index contributed by atoms with van der Waals surface area (Å²) in [5.74, 6) is -0.297. The largest absolute Gasteiger partial charge is 0.293 e. The molecule has 0 aromatic heterocycles. The fourth-order valence-corrected chi connectivity index (χ4v) is 2.56. The molecule has 17 heavy (non-hydrogen) atoms. The van der Waals surface area contributed by atoms with E-state index < -0.39 is 15.6 Å². The summed E-state index contributed by atoms with van der Waals surface area (Å²) in [4.78, 5) is 11.5. The first kappa shape index (κ1) is 13.6. The van der Waals surface area contributed by atoms with Gasteiger partial charge in [-0.1, -0.05) is 38.6 Å². The fraction of sp³-hybridized carbons (Fsp3) is 0.308. The number of hydrogen-bond donors (Lipinski definition) is 0. The van der Waals surface area contributed by atoms with E-state index in [0.29, 0.717) is 0 Å². The number of hydrogen-bond acceptors (Lipinski definition) is 3. The summed E-state index contributed by atoms with van der Waals surface area (Å²) < 4.78 is 24.1. The van der Waals surface area contributed by atoms with Gasteiger partial charge < -0.3 is 0 Å². The molecule has 0 heterocycles. The first-order chi connectivity index (χ1) is 7.85. The Bertz CT molecular complexity index is 513. The predicted molar refractivity (Wildman–Crippen MR) is 67.2 cm³/mol. The average Bonchev–Trinajstić information content (AvgIpc) is 2.28. The third-order valence-electron chi connectivity index (χ3n) is 2.28. The lowest BCUT2D eigenvalue weighted by molar-refractivity contribution is -0.115. The molecule has 92 valence electrons. The summed E-state index contributed by atoms with van der Waals surface area (Å²) in [5.41, 5.74) is 0. The smallest absolute Gasteiger partial charge is 0.209 e. The third kappa shape index (κ3) is 3.27. The second-order valence-corrected chi connectivity index (χ2v) is 6.23. The number of ketones is 1. The monoisotopic (exact) mass is 252 g/mol. The van der Waals surface area contributed by atoms with Gasteiger partial charge in [0.2, 0.25) is 9.84 Å². The summed E-state index contributed by atoms with van der Waals surface area (Å²) in [6, 6.07) is 7.88. The Morgan fingerprint density at radius 1 is 1.24 bits per heavy atom. The van der Waals surface area contributed by atoms with Gasteiger partial charge in [-0.3, -0.25) is 4.79 Å². The summed E-state index contributed by atoms with van der Waals surface area (Å²) in [6.07, 6.45) is 0.199. The summed E-state index contributed by atoms with van der Waals surface area (Å²) >= 11 is 0. The van der Waals surface area contributed by atoms with Crippen LogP contribution in [0, 0.1) is 5.92 Å². The molecule has 0 N–H and O–H groups in total. The van der Waals surface area contributed by atoms with Crippen molar-refractivity contribution in [3.63, 3.8) is 0 Å². The van der Waals surface area contributed by atoms with Crippen LogP contribution in [0.5, 0.6) is 0 Å². The maximum Gasteiger partial charge on any atom is 0.209 e. The van der Waals surface area contributed by atoms with Crippen molar-refractivity contribution >= 4 is 15.6 Å². The van der Waals surface area contributed by atoms with E-state index in [4.69, 9.17) is 0 Å². The van der Waals surface area contributed by atoms with Crippen molar-refractivity contribution in [3.8, 4) is 0 Å². The van der Waals surface area contributed by atoms with Gasteiger partial charge in [0.25, 0.3) is 0 Å². The van der Waals surface area contributed by atoms with Crippen LogP contribution in [0.15, 0.2) is 46.7 Å². The number of rotatable bonds is 5. The molecule has 0 saturated heterocycles. The van der Waals surface area contributed by atoms with Crippen LogP contribution in [0.1, 0.15) is 20.3 Å². The molecule has 0 atom stereocenters. The highest BCUT2D eigenvalue weighted by molar-refractivity contribution is 7.96. The van der Waals surface area contributed by atoms with Crippen LogP contribution in [0.25, 0.3) is 0 Å². The highest BCUT2D eigenvalue weighted by Crippen LogP contribution is 2.20. The van der Waals surface area contributed by atoms with Crippen LogP contribution >= 0.6 is 0 Å². The van der Waals surface area contributed by atoms with Crippen LogP contribution in [0.2, 0.25) is 0 Å². The number of benzene rings is 1. The zero-order chi connectivity index (χ0) is 13.1. The van der Waals surface area contributed by atoms with Crippen molar-refractivity contribution in [2.24, 2.45) is 5.92 Å². The van der Waals surface area contributed by atoms with Crippen molar-refractivity contribution in [2.45, 2.75) is 25.2 Å². The van der Waals surface area contributed by atoms with E-state index in [1.807, 2.05) is 13.8 Å². The van der Waals surface area contributed by atoms with Crippen LogP contribution in [0.4, 0.5) is 0 Å². The molecule has 0 aliphatic heterocycles. The Balaban J connectivity index is 3.01. The second kappa shape index (κ2) is 5.27. The lowest BCUT2D eigenvalue weighted by Gasteiger charge is -2.08. The second-order valence-electron chi connectivity index (χ2n) is 4.26. The minimum absolute atomic E-state index is 0.113. The van der Waals surface area contributed by atoms with E-state index in [9.17, 15) is 13.2 Å². The molecule has 0 fully saturated rings. The zero-order valence-corrected chi connectivity index (χ0v) is 10.8. The minimum atomic E-state index is -3.73. The lowest BCUT2D eigenvalue weighted by atomic mass is 10.1. The molecular formula is C13H16O3S. The maximum absolute atomic E-state index is 12.0. The van der Waals surface area contributed by atoms with Crippen molar-refractivity contribution in [3.05, 3.63) is 41.8 Å². The maximum atomic E-state index is 12.0. The molecular weight excluding hydrogens is 236 g/mol. The number of allylic oxidation sites excluding steroid dienone is 1. The molecule has 0 radical (unpaired) electrons. The van der Waals surface area contributed by atoms with Gasteiger partial charge >= 0.3 is 0 Å². The fourth-order valence-electron chi connectivity index (χ4n) is 1.38. The Kier molecular flexibility index (Phi) is 4.23. The van der Waals surface area contributed by atoms with E-state index in [2.05, 4.69) is 6.58 Å². The van der Waals surface area contributed by atoms with Crippen LogP contribution < -0.4 is 0 Å². The van der Waals surface area contributed by atoms with E-state index in [-0.39, 0.29) is 22.1 Å². The Morgan fingerprint density at radius 3 is 2.24 bits per heavy atom. The molecule has 0 aliphatic rings. The van der Waals surface area contributed by atoms with Crippen LogP contribution in [-0.4, -0.2) is 14.2 Å². The van der Waals surface area contributed by atoms with Gasteiger partial charge in [0.1, 0.15) is 4.91 Å². The molecule has 3 nitrogen and oxygen atoms in total. The number of carbonyl (C=O) groups excluding carboxylic acids is 1. The SMILES string of the molecule is C=C(C(=O)CC(C)C)S(=O)(=O)c1ccccc1. The Hall–Kier alpha value is -1.42. The lowest BCUT2D eigenvalue weighted by Crippen LogP contribution is -2.14. The van der Waals surface area contributed by atoms with Gasteiger partial charge in [0.15, 0.2) is 5.78 Å². The number of Topliss-reactive ketones (excluding diaryl/α,β-unsaturated/α-hetero) is 1. The van der Waals surface area contributed by atoms with E-state index >= 15 is 0 Å². The summed E-state index contributed by atoms with van der Waals surface area (Å²) in [5, 5.41) is 0. The first-order valence-electron chi connectivity index (χ1n) is 5.38. The van der Waals surface area contributed by atoms with Gasteiger partial charge in [0.05, 0.1) is 4.90 Å². The van der Waals surface area contributed by atoms with Gasteiger partial charge in [-0.15, -0.1) is 0 Å². The molecule has 1 aromatic carbocycles. The molecule has 1 aromatic rings. The Morgan fingerprint density at radius 2 is 1.76 bits per heavy atom. The third-order valence-corrected chi connectivity index (χ3v) is 4.05. The summed E-state index contributed by atoms with van der Waals surface area (Å²) in [6.45, 7) is 7.14. The first-order valence-corrected chi connectivity index (χ1v) is 6.86. The highest BCUT2D eigenvalue weighted by Gasteiger charge is 2.24. The summed E-state index contributed by atoms with van der Waals surface area (Å²) in [7, 11) is -3.73. The molecule has 0 amide bonds. The molecule has 4 heteroatoms. The molecule has 0 spiro atoms. The van der Waals surface area contributed by atoms with Crippen LogP contribution in [0.3, 0.4) is 0 Å². The van der Waals surface area contributed by atoms with Crippen molar-refractivity contribution in [1.29, 1.82) is 0 Å². The van der Waals surface area contributed by atoms with Crippen molar-refractivity contribution < 1.29 is 13.2 Å². The average molecular weight is 252 g/mol. The van der Waals surface area contributed by atoms with Gasteiger partial charge in [-0.25, -0.2) is 8.42 Å². The normalized spacial score (nSPS) is 11.5. The van der Waals surface area contributed by atoms with E-state index in [0.717, 1.165) is 0 Å². The van der Waals surface area contributed by atoms with Gasteiger partial charge in [-0.2, -0.15) is 0 Å².